The number of carbonyl (C=O) groups is 1. The number of carbonyl (C=O) groups excluding carboxylic acids is 1. The van der Waals surface area contributed by atoms with Gasteiger partial charge in [0.05, 0.1) is 24.3 Å². The largest absolute Gasteiger partial charge is 0.467 e. The molecule has 0 aliphatic carbocycles. The van der Waals surface area contributed by atoms with E-state index in [1.54, 1.807) is 11.2 Å². The van der Waals surface area contributed by atoms with Gasteiger partial charge >= 0.3 is 0 Å². The number of alkyl halides is 1. The highest BCUT2D eigenvalue weighted by atomic mass is 35.5. The summed E-state index contributed by atoms with van der Waals surface area (Å²) < 4.78 is 11.0. The average molecular weight is 300 g/mol. The Morgan fingerprint density at radius 3 is 2.90 bits per heavy atom. The topological polar surface area (TPSA) is 42.7 Å². The van der Waals surface area contributed by atoms with Gasteiger partial charge in [-0.15, -0.1) is 11.6 Å². The van der Waals surface area contributed by atoms with Crippen molar-refractivity contribution in [1.82, 2.24) is 4.90 Å². The molecule has 0 aromatic carbocycles. The van der Waals surface area contributed by atoms with E-state index in [1.165, 1.54) is 0 Å². The molecular weight excluding hydrogens is 278 g/mol. The maximum absolute atomic E-state index is 12.7. The van der Waals surface area contributed by atoms with Crippen LogP contribution in [0.3, 0.4) is 0 Å². The van der Waals surface area contributed by atoms with Crippen LogP contribution in [0.4, 0.5) is 0 Å². The van der Waals surface area contributed by atoms with Crippen LogP contribution in [0.25, 0.3) is 0 Å². The van der Waals surface area contributed by atoms with Crippen LogP contribution in [0, 0.1) is 5.41 Å². The summed E-state index contributed by atoms with van der Waals surface area (Å²) in [6, 6.07) is 3.71. The normalized spacial score (nSPS) is 19.2. The van der Waals surface area contributed by atoms with E-state index in [2.05, 4.69) is 0 Å². The van der Waals surface area contributed by atoms with E-state index >= 15 is 0 Å². The number of rotatable bonds is 6. The summed E-state index contributed by atoms with van der Waals surface area (Å²) >= 11 is 5.93. The summed E-state index contributed by atoms with van der Waals surface area (Å²) in [4.78, 5) is 14.5. The van der Waals surface area contributed by atoms with E-state index in [0.29, 0.717) is 19.0 Å². The second-order valence-corrected chi connectivity index (χ2v) is 6.18. The molecule has 1 unspecified atom stereocenters. The average Bonchev–Trinajstić information content (AvgIpc) is 3.10. The third-order valence-corrected chi connectivity index (χ3v) is 4.24. The molecule has 1 aliphatic rings. The zero-order valence-corrected chi connectivity index (χ0v) is 12.9. The molecule has 0 N–H and O–H groups in total. The maximum atomic E-state index is 12.7. The van der Waals surface area contributed by atoms with Gasteiger partial charge in [0.2, 0.25) is 5.91 Å². The summed E-state index contributed by atoms with van der Waals surface area (Å²) in [5.74, 6) is 1.12. The third kappa shape index (κ3) is 3.76. The van der Waals surface area contributed by atoms with Crippen LogP contribution in [-0.2, 0) is 16.1 Å². The molecule has 1 aromatic rings. The monoisotopic (exact) mass is 299 g/mol. The Morgan fingerprint density at radius 2 is 2.35 bits per heavy atom. The quantitative estimate of drug-likeness (QED) is 0.758. The number of ether oxygens (including phenoxy) is 1. The lowest BCUT2D eigenvalue weighted by atomic mass is 9.94. The fraction of sp³-hybridized carbons (Fsp3) is 0.667. The first-order valence-electron chi connectivity index (χ1n) is 7.02. The van der Waals surface area contributed by atoms with E-state index in [1.807, 2.05) is 26.0 Å². The van der Waals surface area contributed by atoms with Gasteiger partial charge in [-0.1, -0.05) is 0 Å². The van der Waals surface area contributed by atoms with Crippen molar-refractivity contribution in [3.8, 4) is 0 Å². The van der Waals surface area contributed by atoms with Crippen molar-refractivity contribution in [3.05, 3.63) is 24.2 Å². The second kappa shape index (κ2) is 6.64. The van der Waals surface area contributed by atoms with Gasteiger partial charge in [0.15, 0.2) is 0 Å². The van der Waals surface area contributed by atoms with Crippen molar-refractivity contribution in [3.63, 3.8) is 0 Å². The molecule has 1 aliphatic heterocycles. The van der Waals surface area contributed by atoms with E-state index in [9.17, 15) is 4.79 Å². The van der Waals surface area contributed by atoms with Crippen molar-refractivity contribution in [2.45, 2.75) is 39.3 Å². The minimum absolute atomic E-state index is 0.0411. The lowest BCUT2D eigenvalue weighted by molar-refractivity contribution is -0.141. The van der Waals surface area contributed by atoms with Crippen LogP contribution in [0.1, 0.15) is 32.4 Å². The molecule has 1 amide bonds. The molecule has 4 nitrogen and oxygen atoms in total. The van der Waals surface area contributed by atoms with Crippen molar-refractivity contribution in [1.29, 1.82) is 0 Å². The number of hydrogen-bond acceptors (Lipinski definition) is 3. The van der Waals surface area contributed by atoms with Gasteiger partial charge in [0.1, 0.15) is 5.76 Å². The zero-order chi connectivity index (χ0) is 14.6. The standard InChI is InChI=1S/C15H22ClNO3/c1-15(2,11-16)14(18)17(9-12-5-3-7-19-12)10-13-6-4-8-20-13/h3,5,7,13H,4,6,8-11H2,1-2H3. The van der Waals surface area contributed by atoms with Gasteiger partial charge in [-0.2, -0.15) is 0 Å². The molecule has 112 valence electrons. The Morgan fingerprint density at radius 1 is 1.55 bits per heavy atom. The van der Waals surface area contributed by atoms with Crippen LogP contribution in [0.15, 0.2) is 22.8 Å². The third-order valence-electron chi connectivity index (χ3n) is 3.58. The molecule has 1 saturated heterocycles. The van der Waals surface area contributed by atoms with Crippen molar-refractivity contribution >= 4 is 17.5 Å². The molecule has 5 heteroatoms. The minimum atomic E-state index is -0.577. The predicted molar refractivity (Wildman–Crippen MR) is 77.6 cm³/mol. The number of nitrogens with zero attached hydrogens (tertiary/aromatic N) is 1. The highest BCUT2D eigenvalue weighted by Gasteiger charge is 2.33. The van der Waals surface area contributed by atoms with Crippen LogP contribution in [-0.4, -0.2) is 35.9 Å². The molecule has 2 rings (SSSR count). The molecule has 0 bridgehead atoms. The summed E-state index contributed by atoms with van der Waals surface area (Å²) in [6.07, 6.45) is 3.81. The molecule has 1 fully saturated rings. The summed E-state index contributed by atoms with van der Waals surface area (Å²) in [6.45, 7) is 5.58. The van der Waals surface area contributed by atoms with Crippen molar-refractivity contribution in [2.24, 2.45) is 5.41 Å². The number of amides is 1. The molecule has 1 atom stereocenters. The Labute approximate surface area is 125 Å². The Kier molecular flexibility index (Phi) is 5.11. The van der Waals surface area contributed by atoms with E-state index < -0.39 is 5.41 Å². The number of halogens is 1. The molecule has 20 heavy (non-hydrogen) atoms. The van der Waals surface area contributed by atoms with Gasteiger partial charge in [0, 0.05) is 19.0 Å². The van der Waals surface area contributed by atoms with E-state index in [0.717, 1.165) is 25.2 Å². The molecule has 0 radical (unpaired) electrons. The van der Waals surface area contributed by atoms with Crippen molar-refractivity contribution in [2.75, 3.05) is 19.0 Å². The van der Waals surface area contributed by atoms with Crippen molar-refractivity contribution < 1.29 is 13.9 Å². The lowest BCUT2D eigenvalue weighted by Gasteiger charge is -2.31. The van der Waals surface area contributed by atoms with Gasteiger partial charge in [0.25, 0.3) is 0 Å². The zero-order valence-electron chi connectivity index (χ0n) is 12.1. The second-order valence-electron chi connectivity index (χ2n) is 5.92. The molecule has 0 saturated carbocycles. The van der Waals surface area contributed by atoms with Crippen LogP contribution >= 0.6 is 11.6 Å². The molecule has 0 spiro atoms. The number of furan rings is 1. The first-order valence-corrected chi connectivity index (χ1v) is 7.56. The first-order chi connectivity index (χ1) is 9.53. The summed E-state index contributed by atoms with van der Waals surface area (Å²) in [5, 5.41) is 0. The maximum Gasteiger partial charge on any atom is 0.229 e. The SMILES string of the molecule is CC(C)(CCl)C(=O)N(Cc1ccco1)CC1CCCO1. The summed E-state index contributed by atoms with van der Waals surface area (Å²) in [5.41, 5.74) is -0.577. The molecular formula is C15H22ClNO3. The Balaban J connectivity index is 2.08. The number of hydrogen-bond donors (Lipinski definition) is 0. The first kappa shape index (κ1) is 15.4. The predicted octanol–water partition coefficient (Wildman–Crippen LogP) is 3.05. The smallest absolute Gasteiger partial charge is 0.229 e. The Hall–Kier alpha value is -1.00. The van der Waals surface area contributed by atoms with Gasteiger partial charge in [-0.25, -0.2) is 0 Å². The molecule has 2 heterocycles. The minimum Gasteiger partial charge on any atom is -0.467 e. The van der Waals surface area contributed by atoms with Crippen LogP contribution in [0.2, 0.25) is 0 Å². The van der Waals surface area contributed by atoms with Crippen LogP contribution in [0.5, 0.6) is 0 Å². The van der Waals surface area contributed by atoms with Crippen LogP contribution < -0.4 is 0 Å². The van der Waals surface area contributed by atoms with Gasteiger partial charge in [-0.05, 0) is 38.8 Å². The fourth-order valence-electron chi connectivity index (χ4n) is 2.33. The highest BCUT2D eigenvalue weighted by Crippen LogP contribution is 2.24. The fourth-order valence-corrected chi connectivity index (χ4v) is 2.44. The van der Waals surface area contributed by atoms with E-state index in [-0.39, 0.29) is 12.0 Å². The molecule has 1 aromatic heterocycles. The van der Waals surface area contributed by atoms with Gasteiger partial charge < -0.3 is 14.1 Å². The highest BCUT2D eigenvalue weighted by molar-refractivity contribution is 6.19. The van der Waals surface area contributed by atoms with Gasteiger partial charge in [-0.3, -0.25) is 4.79 Å². The lowest BCUT2D eigenvalue weighted by Crippen LogP contribution is -2.44. The van der Waals surface area contributed by atoms with E-state index in [4.69, 9.17) is 20.8 Å². The Bertz CT molecular complexity index is 424. The summed E-state index contributed by atoms with van der Waals surface area (Å²) in [7, 11) is 0.